The van der Waals surface area contributed by atoms with E-state index in [-0.39, 0.29) is 17.7 Å². The van der Waals surface area contributed by atoms with E-state index in [0.29, 0.717) is 54.7 Å². The quantitative estimate of drug-likeness (QED) is 0.613. The maximum Gasteiger partial charge on any atom is 0.256 e. The molecule has 202 valence electrons. The number of carbonyl (C=O) groups is 3. The molecule has 0 spiro atoms. The van der Waals surface area contributed by atoms with Crippen LogP contribution in [0.5, 0.6) is 5.75 Å². The summed E-state index contributed by atoms with van der Waals surface area (Å²) in [5, 5.41) is 2.95. The predicted octanol–water partition coefficient (Wildman–Crippen LogP) is 4.41. The second-order valence-electron chi connectivity index (χ2n) is 10.6. The van der Waals surface area contributed by atoms with Crippen LogP contribution in [0.4, 0.5) is 11.4 Å². The summed E-state index contributed by atoms with van der Waals surface area (Å²) in [5.74, 6) is 0.834. The Bertz CT molecular complexity index is 1160. The van der Waals surface area contributed by atoms with Gasteiger partial charge in [-0.15, -0.1) is 0 Å². The molecular formula is C30H38N4O4. The minimum atomic E-state index is -0.257. The van der Waals surface area contributed by atoms with Gasteiger partial charge in [0.2, 0.25) is 5.91 Å². The van der Waals surface area contributed by atoms with Crippen molar-refractivity contribution in [2.75, 3.05) is 56.6 Å². The maximum absolute atomic E-state index is 13.7. The number of piperidine rings is 1. The van der Waals surface area contributed by atoms with Crippen molar-refractivity contribution in [2.24, 2.45) is 5.92 Å². The molecule has 1 N–H and O–H groups in total. The van der Waals surface area contributed by atoms with E-state index in [2.05, 4.69) is 10.2 Å². The first-order chi connectivity index (χ1) is 18.5. The van der Waals surface area contributed by atoms with Crippen LogP contribution in [0, 0.1) is 5.92 Å². The third-order valence-corrected chi connectivity index (χ3v) is 8.10. The highest BCUT2D eigenvalue weighted by Crippen LogP contribution is 2.30. The average Bonchev–Trinajstić information content (AvgIpc) is 3.52. The fourth-order valence-electron chi connectivity index (χ4n) is 5.89. The molecule has 0 aromatic heterocycles. The number of likely N-dealkylation sites (tertiary alicyclic amines) is 1. The predicted molar refractivity (Wildman–Crippen MR) is 148 cm³/mol. The van der Waals surface area contributed by atoms with Gasteiger partial charge in [0.25, 0.3) is 11.8 Å². The van der Waals surface area contributed by atoms with E-state index in [1.807, 2.05) is 21.9 Å². The van der Waals surface area contributed by atoms with Crippen molar-refractivity contribution >= 4 is 29.1 Å². The Kier molecular flexibility index (Phi) is 8.15. The summed E-state index contributed by atoms with van der Waals surface area (Å²) >= 11 is 0. The van der Waals surface area contributed by atoms with E-state index in [0.717, 1.165) is 63.7 Å². The summed E-state index contributed by atoms with van der Waals surface area (Å²) < 4.78 is 5.25. The van der Waals surface area contributed by atoms with Crippen molar-refractivity contribution in [3.63, 3.8) is 0 Å². The first kappa shape index (κ1) is 26.1. The van der Waals surface area contributed by atoms with Crippen molar-refractivity contribution in [2.45, 2.75) is 44.9 Å². The number of nitrogens with one attached hydrogen (secondary N) is 1. The molecule has 38 heavy (non-hydrogen) atoms. The lowest BCUT2D eigenvalue weighted by Crippen LogP contribution is -2.50. The summed E-state index contributed by atoms with van der Waals surface area (Å²) in [7, 11) is 1.57. The summed E-state index contributed by atoms with van der Waals surface area (Å²) in [6.07, 6.45) is 7.49. The van der Waals surface area contributed by atoms with Gasteiger partial charge >= 0.3 is 0 Å². The normalized spacial score (nSPS) is 18.4. The fourth-order valence-corrected chi connectivity index (χ4v) is 5.89. The molecule has 8 nitrogen and oxygen atoms in total. The first-order valence-corrected chi connectivity index (χ1v) is 14.0. The SMILES string of the molecule is COc1cccc(C(=O)Nc2ccc(N3CCN(C(=O)C4CCCC4)CC3)c(C(=O)N3CCCCC3)c2)c1. The van der Waals surface area contributed by atoms with E-state index >= 15 is 0 Å². The van der Waals surface area contributed by atoms with Gasteiger partial charge in [0, 0.05) is 62.1 Å². The van der Waals surface area contributed by atoms with Crippen molar-refractivity contribution in [3.8, 4) is 5.75 Å². The first-order valence-electron chi connectivity index (χ1n) is 14.0. The molecule has 0 radical (unpaired) electrons. The van der Waals surface area contributed by atoms with E-state index in [4.69, 9.17) is 4.74 Å². The molecule has 2 heterocycles. The third kappa shape index (κ3) is 5.79. The summed E-state index contributed by atoms with van der Waals surface area (Å²) in [6.45, 7) is 4.22. The number of nitrogens with zero attached hydrogens (tertiary/aromatic N) is 3. The van der Waals surface area contributed by atoms with Crippen LogP contribution in [0.15, 0.2) is 42.5 Å². The second kappa shape index (κ2) is 11.9. The molecule has 5 rings (SSSR count). The Morgan fingerprint density at radius 2 is 1.55 bits per heavy atom. The number of carbonyl (C=O) groups excluding carboxylic acids is 3. The van der Waals surface area contributed by atoms with Crippen LogP contribution in [0.2, 0.25) is 0 Å². The van der Waals surface area contributed by atoms with E-state index in [9.17, 15) is 14.4 Å². The van der Waals surface area contributed by atoms with Crippen molar-refractivity contribution in [3.05, 3.63) is 53.6 Å². The van der Waals surface area contributed by atoms with Crippen LogP contribution in [-0.2, 0) is 4.79 Å². The Morgan fingerprint density at radius 3 is 2.26 bits per heavy atom. The fraction of sp³-hybridized carbons (Fsp3) is 0.500. The minimum absolute atomic E-state index is 0.00152. The van der Waals surface area contributed by atoms with Gasteiger partial charge in [-0.3, -0.25) is 14.4 Å². The lowest BCUT2D eigenvalue weighted by atomic mass is 10.0. The van der Waals surface area contributed by atoms with Crippen LogP contribution in [-0.4, -0.2) is 73.9 Å². The smallest absolute Gasteiger partial charge is 0.256 e. The van der Waals surface area contributed by atoms with Gasteiger partial charge in [-0.25, -0.2) is 0 Å². The topological polar surface area (TPSA) is 82.2 Å². The zero-order chi connectivity index (χ0) is 26.5. The van der Waals surface area contributed by atoms with Crippen LogP contribution >= 0.6 is 0 Å². The molecule has 2 saturated heterocycles. The third-order valence-electron chi connectivity index (χ3n) is 8.10. The highest BCUT2D eigenvalue weighted by Gasteiger charge is 2.31. The molecule has 1 saturated carbocycles. The van der Waals surface area contributed by atoms with E-state index < -0.39 is 0 Å². The van der Waals surface area contributed by atoms with Gasteiger partial charge in [0.15, 0.2) is 0 Å². The summed E-state index contributed by atoms with van der Waals surface area (Å²) in [6, 6.07) is 12.6. The van der Waals surface area contributed by atoms with Gasteiger partial charge in [0.1, 0.15) is 5.75 Å². The Morgan fingerprint density at radius 1 is 0.816 bits per heavy atom. The Labute approximate surface area is 224 Å². The average molecular weight is 519 g/mol. The summed E-state index contributed by atoms with van der Waals surface area (Å²) in [4.78, 5) is 45.7. The van der Waals surface area contributed by atoms with Gasteiger partial charge < -0.3 is 24.8 Å². The maximum atomic E-state index is 13.7. The molecule has 2 aliphatic heterocycles. The highest BCUT2D eigenvalue weighted by molar-refractivity contribution is 6.06. The number of amides is 3. The molecule has 0 bridgehead atoms. The number of ether oxygens (including phenoxy) is 1. The largest absolute Gasteiger partial charge is 0.497 e. The van der Waals surface area contributed by atoms with E-state index in [1.165, 1.54) is 0 Å². The van der Waals surface area contributed by atoms with Crippen LogP contribution in [0.1, 0.15) is 65.7 Å². The van der Waals surface area contributed by atoms with Crippen molar-refractivity contribution in [1.29, 1.82) is 0 Å². The van der Waals surface area contributed by atoms with Gasteiger partial charge in [-0.2, -0.15) is 0 Å². The molecule has 3 amide bonds. The molecule has 3 aliphatic rings. The monoisotopic (exact) mass is 518 g/mol. The molecule has 0 unspecified atom stereocenters. The Hall–Kier alpha value is -3.55. The standard InChI is InChI=1S/C30H38N4O4/c1-38-25-11-7-10-23(20-25)28(35)31-24-12-13-27(26(21-24)30(37)33-14-5-2-6-15-33)32-16-18-34(19-17-32)29(36)22-8-3-4-9-22/h7,10-13,20-22H,2-6,8-9,14-19H2,1H3,(H,31,35). The number of piperazine rings is 1. The molecule has 8 heteroatoms. The second-order valence-corrected chi connectivity index (χ2v) is 10.6. The molecule has 3 fully saturated rings. The van der Waals surface area contributed by atoms with Crippen molar-refractivity contribution in [1.82, 2.24) is 9.80 Å². The Balaban J connectivity index is 1.35. The number of rotatable bonds is 6. The minimum Gasteiger partial charge on any atom is -0.497 e. The van der Waals surface area contributed by atoms with Crippen LogP contribution in [0.25, 0.3) is 0 Å². The number of anilines is 2. The van der Waals surface area contributed by atoms with Gasteiger partial charge in [-0.05, 0) is 68.5 Å². The van der Waals surface area contributed by atoms with Gasteiger partial charge in [-0.1, -0.05) is 18.9 Å². The zero-order valence-corrected chi connectivity index (χ0v) is 22.3. The number of benzene rings is 2. The number of methoxy groups -OCH3 is 1. The number of hydrogen-bond donors (Lipinski definition) is 1. The van der Waals surface area contributed by atoms with E-state index in [1.54, 1.807) is 37.4 Å². The molecular weight excluding hydrogens is 480 g/mol. The molecule has 2 aromatic carbocycles. The van der Waals surface area contributed by atoms with Crippen LogP contribution in [0.3, 0.4) is 0 Å². The highest BCUT2D eigenvalue weighted by atomic mass is 16.5. The molecule has 1 aliphatic carbocycles. The van der Waals surface area contributed by atoms with Gasteiger partial charge in [0.05, 0.1) is 12.7 Å². The van der Waals surface area contributed by atoms with Crippen molar-refractivity contribution < 1.29 is 19.1 Å². The zero-order valence-electron chi connectivity index (χ0n) is 22.3. The molecule has 0 atom stereocenters. The summed E-state index contributed by atoms with van der Waals surface area (Å²) in [5.41, 5.74) is 2.54. The molecule has 2 aromatic rings. The van der Waals surface area contributed by atoms with Crippen LogP contribution < -0.4 is 15.0 Å². The number of hydrogen-bond acceptors (Lipinski definition) is 5. The lowest BCUT2D eigenvalue weighted by Gasteiger charge is -2.38. The lowest BCUT2D eigenvalue weighted by molar-refractivity contribution is -0.135.